The van der Waals surface area contributed by atoms with Crippen molar-refractivity contribution < 1.29 is 14.7 Å². The molecule has 0 unspecified atom stereocenters. The molecule has 2 aromatic rings. The first-order chi connectivity index (χ1) is 9.47. The van der Waals surface area contributed by atoms with Gasteiger partial charge in [-0.3, -0.25) is 9.78 Å². The van der Waals surface area contributed by atoms with Gasteiger partial charge in [-0.05, 0) is 25.5 Å². The van der Waals surface area contributed by atoms with Crippen LogP contribution in [0.1, 0.15) is 36.3 Å². The molecule has 2 N–H and O–H groups in total. The molecule has 20 heavy (non-hydrogen) atoms. The minimum atomic E-state index is -1.000. The van der Waals surface area contributed by atoms with Crippen LogP contribution in [0.4, 0.5) is 0 Å². The predicted molar refractivity (Wildman–Crippen MR) is 74.0 cm³/mol. The number of aromatic carboxylic acids is 1. The molecule has 0 aliphatic heterocycles. The number of thiazole rings is 1. The van der Waals surface area contributed by atoms with Gasteiger partial charge in [0.15, 0.2) is 0 Å². The molecule has 2 heterocycles. The average molecular weight is 291 g/mol. The van der Waals surface area contributed by atoms with Crippen molar-refractivity contribution in [3.8, 4) is 0 Å². The van der Waals surface area contributed by atoms with Gasteiger partial charge in [-0.1, -0.05) is 0 Å². The molecular weight excluding hydrogens is 278 g/mol. The van der Waals surface area contributed by atoms with E-state index in [0.717, 1.165) is 16.9 Å². The Bertz CT molecular complexity index is 667. The fraction of sp³-hybridized carbons (Fsp3) is 0.231. The number of aromatic nitrogens is 2. The smallest absolute Gasteiger partial charge is 0.347 e. The number of rotatable bonds is 4. The highest BCUT2D eigenvalue weighted by molar-refractivity contribution is 7.13. The van der Waals surface area contributed by atoms with Crippen molar-refractivity contribution in [1.82, 2.24) is 15.3 Å². The average Bonchev–Trinajstić information content (AvgIpc) is 2.77. The van der Waals surface area contributed by atoms with Gasteiger partial charge in [0.2, 0.25) is 0 Å². The molecule has 0 fully saturated rings. The largest absolute Gasteiger partial charge is 0.477 e. The number of carbonyl (C=O) groups excluding carboxylic acids is 1. The first kappa shape index (κ1) is 14.1. The Morgan fingerprint density at radius 2 is 2.10 bits per heavy atom. The Labute approximate surface area is 119 Å². The Kier molecular flexibility index (Phi) is 4.09. The van der Waals surface area contributed by atoms with E-state index >= 15 is 0 Å². The van der Waals surface area contributed by atoms with E-state index in [2.05, 4.69) is 15.3 Å². The topological polar surface area (TPSA) is 92.2 Å². The van der Waals surface area contributed by atoms with Crippen molar-refractivity contribution in [3.63, 3.8) is 0 Å². The Hall–Kier alpha value is -2.28. The highest BCUT2D eigenvalue weighted by atomic mass is 32.1. The molecule has 0 saturated heterocycles. The Morgan fingerprint density at radius 1 is 1.35 bits per heavy atom. The summed E-state index contributed by atoms with van der Waals surface area (Å²) in [7, 11) is 0. The summed E-state index contributed by atoms with van der Waals surface area (Å²) in [5.41, 5.74) is 1.83. The maximum Gasteiger partial charge on any atom is 0.347 e. The van der Waals surface area contributed by atoms with Crippen molar-refractivity contribution in [1.29, 1.82) is 0 Å². The van der Waals surface area contributed by atoms with Crippen molar-refractivity contribution in [3.05, 3.63) is 45.2 Å². The zero-order valence-corrected chi connectivity index (χ0v) is 11.8. The molecule has 2 aromatic heterocycles. The number of nitrogens with one attached hydrogen (secondary N) is 1. The number of amides is 1. The summed E-state index contributed by atoms with van der Waals surface area (Å²) in [5.74, 6) is -1.26. The molecule has 0 spiro atoms. The minimum absolute atomic E-state index is 0.200. The van der Waals surface area contributed by atoms with Crippen molar-refractivity contribution >= 4 is 23.2 Å². The summed E-state index contributed by atoms with van der Waals surface area (Å²) < 4.78 is 0. The van der Waals surface area contributed by atoms with Crippen LogP contribution in [0.15, 0.2) is 18.5 Å². The normalized spacial score (nSPS) is 10.3. The monoisotopic (exact) mass is 291 g/mol. The van der Waals surface area contributed by atoms with E-state index in [1.165, 1.54) is 6.20 Å². The third-order valence-electron chi connectivity index (χ3n) is 2.57. The standard InChI is InChI=1S/C13H13N3O3S/c1-7-3-9(5-14-4-7)12(17)15-6-10-16-8(2)11(20-10)13(18)19/h3-5H,6H2,1-2H3,(H,15,17)(H,18,19). The molecule has 0 aromatic carbocycles. The van der Waals surface area contributed by atoms with Crippen LogP contribution in [0.2, 0.25) is 0 Å². The van der Waals surface area contributed by atoms with Gasteiger partial charge in [0.05, 0.1) is 17.8 Å². The van der Waals surface area contributed by atoms with Crippen molar-refractivity contribution in [2.75, 3.05) is 0 Å². The molecule has 0 bridgehead atoms. The van der Waals surface area contributed by atoms with E-state index in [1.54, 1.807) is 19.2 Å². The van der Waals surface area contributed by atoms with Crippen LogP contribution in [-0.2, 0) is 6.54 Å². The quantitative estimate of drug-likeness (QED) is 0.895. The zero-order chi connectivity index (χ0) is 14.7. The van der Waals surface area contributed by atoms with Gasteiger partial charge in [0.25, 0.3) is 5.91 Å². The zero-order valence-electron chi connectivity index (χ0n) is 11.0. The number of aryl methyl sites for hydroxylation is 2. The maximum absolute atomic E-state index is 11.9. The molecular formula is C13H13N3O3S. The third kappa shape index (κ3) is 3.18. The van der Waals surface area contributed by atoms with Gasteiger partial charge in [0, 0.05) is 12.4 Å². The lowest BCUT2D eigenvalue weighted by molar-refractivity contribution is 0.0701. The molecule has 7 heteroatoms. The second-order valence-corrected chi connectivity index (χ2v) is 5.34. The summed E-state index contributed by atoms with van der Waals surface area (Å²) in [4.78, 5) is 31.1. The van der Waals surface area contributed by atoms with Gasteiger partial charge in [-0.25, -0.2) is 9.78 Å². The number of carboxylic acids is 1. The van der Waals surface area contributed by atoms with Crippen LogP contribution in [0, 0.1) is 13.8 Å². The summed E-state index contributed by atoms with van der Waals surface area (Å²) in [6.45, 7) is 3.69. The lowest BCUT2D eigenvalue weighted by Gasteiger charge is -2.03. The molecule has 0 atom stereocenters. The Balaban J connectivity index is 2.04. The minimum Gasteiger partial charge on any atom is -0.477 e. The summed E-state index contributed by atoms with van der Waals surface area (Å²) >= 11 is 1.07. The second kappa shape index (κ2) is 5.79. The predicted octanol–water partition coefficient (Wildman–Crippen LogP) is 1.78. The number of nitrogens with zero attached hydrogens (tertiary/aromatic N) is 2. The summed E-state index contributed by atoms with van der Waals surface area (Å²) in [6.07, 6.45) is 3.15. The second-order valence-electron chi connectivity index (χ2n) is 4.26. The van der Waals surface area contributed by atoms with Crippen LogP contribution in [-0.4, -0.2) is 27.0 Å². The van der Waals surface area contributed by atoms with Crippen LogP contribution in [0.3, 0.4) is 0 Å². The molecule has 0 saturated carbocycles. The van der Waals surface area contributed by atoms with Gasteiger partial charge in [-0.2, -0.15) is 0 Å². The van der Waals surface area contributed by atoms with Gasteiger partial charge < -0.3 is 10.4 Å². The Morgan fingerprint density at radius 3 is 2.70 bits per heavy atom. The van der Waals surface area contributed by atoms with Crippen LogP contribution in [0.5, 0.6) is 0 Å². The maximum atomic E-state index is 11.9. The summed E-state index contributed by atoms with van der Waals surface area (Å²) in [5, 5.41) is 12.2. The molecule has 2 rings (SSSR count). The van der Waals surface area contributed by atoms with Crippen LogP contribution < -0.4 is 5.32 Å². The SMILES string of the molecule is Cc1cncc(C(=O)NCc2nc(C)c(C(=O)O)s2)c1. The number of carbonyl (C=O) groups is 2. The first-order valence-electron chi connectivity index (χ1n) is 5.87. The third-order valence-corrected chi connectivity index (χ3v) is 3.72. The lowest BCUT2D eigenvalue weighted by Crippen LogP contribution is -2.22. The summed E-state index contributed by atoms with van der Waals surface area (Å²) in [6, 6.07) is 1.73. The molecule has 0 radical (unpaired) electrons. The molecule has 0 aliphatic carbocycles. The van der Waals surface area contributed by atoms with Gasteiger partial charge >= 0.3 is 5.97 Å². The van der Waals surface area contributed by atoms with Crippen molar-refractivity contribution in [2.24, 2.45) is 0 Å². The lowest BCUT2D eigenvalue weighted by atomic mass is 10.2. The number of hydrogen-bond acceptors (Lipinski definition) is 5. The first-order valence-corrected chi connectivity index (χ1v) is 6.68. The fourth-order valence-electron chi connectivity index (χ4n) is 1.66. The van der Waals surface area contributed by atoms with Gasteiger partial charge in [0.1, 0.15) is 9.88 Å². The molecule has 1 amide bonds. The van der Waals surface area contributed by atoms with Crippen LogP contribution in [0.25, 0.3) is 0 Å². The van der Waals surface area contributed by atoms with E-state index < -0.39 is 5.97 Å². The van der Waals surface area contributed by atoms with E-state index in [1.807, 2.05) is 6.92 Å². The van der Waals surface area contributed by atoms with E-state index in [-0.39, 0.29) is 17.3 Å². The van der Waals surface area contributed by atoms with Gasteiger partial charge in [-0.15, -0.1) is 11.3 Å². The fourth-order valence-corrected chi connectivity index (χ4v) is 2.51. The highest BCUT2D eigenvalue weighted by Crippen LogP contribution is 2.17. The molecule has 6 nitrogen and oxygen atoms in total. The highest BCUT2D eigenvalue weighted by Gasteiger charge is 2.14. The van der Waals surface area contributed by atoms with E-state index in [4.69, 9.17) is 5.11 Å². The molecule has 104 valence electrons. The van der Waals surface area contributed by atoms with E-state index in [9.17, 15) is 9.59 Å². The van der Waals surface area contributed by atoms with Crippen LogP contribution >= 0.6 is 11.3 Å². The number of carboxylic acid groups (broad SMARTS) is 1. The van der Waals surface area contributed by atoms with Crippen molar-refractivity contribution in [2.45, 2.75) is 20.4 Å². The number of pyridine rings is 1. The molecule has 0 aliphatic rings. The van der Waals surface area contributed by atoms with E-state index in [0.29, 0.717) is 16.3 Å². The number of hydrogen-bond donors (Lipinski definition) is 2.